The third kappa shape index (κ3) is 7.24. The van der Waals surface area contributed by atoms with Crippen LogP contribution in [0.4, 0.5) is 0 Å². The van der Waals surface area contributed by atoms with Crippen LogP contribution in [-0.4, -0.2) is 111 Å². The number of esters is 1. The monoisotopic (exact) mass is 412 g/mol. The predicted octanol–water partition coefficient (Wildman–Crippen LogP) is -0.443. The Bertz CT molecular complexity index is 551. The molecule has 0 aromatic carbocycles. The van der Waals surface area contributed by atoms with Crippen LogP contribution in [0.15, 0.2) is 0 Å². The van der Waals surface area contributed by atoms with E-state index < -0.39 is 0 Å². The van der Waals surface area contributed by atoms with Gasteiger partial charge < -0.3 is 19.7 Å². The zero-order valence-corrected chi connectivity index (χ0v) is 18.0. The van der Waals surface area contributed by atoms with Gasteiger partial charge in [0.05, 0.1) is 31.7 Å². The van der Waals surface area contributed by atoms with Gasteiger partial charge in [0.25, 0.3) is 0 Å². The Kier molecular flexibility index (Phi) is 9.83. The largest absolute Gasteiger partial charge is 0.466 e. The van der Waals surface area contributed by atoms with Gasteiger partial charge in [-0.1, -0.05) is 0 Å². The SMILES string of the molecule is CCOC(=O)C1CCCN(C(=O)C(C)N2CCN(CC(=O)NCCOC)CC2)C1. The maximum atomic E-state index is 13.0. The Morgan fingerprint density at radius 3 is 2.52 bits per heavy atom. The Balaban J connectivity index is 1.76. The third-order valence-corrected chi connectivity index (χ3v) is 5.66. The minimum atomic E-state index is -0.228. The topological polar surface area (TPSA) is 91.4 Å². The van der Waals surface area contributed by atoms with Gasteiger partial charge in [-0.2, -0.15) is 0 Å². The van der Waals surface area contributed by atoms with Crippen molar-refractivity contribution in [2.45, 2.75) is 32.7 Å². The van der Waals surface area contributed by atoms with Gasteiger partial charge >= 0.3 is 5.97 Å². The predicted molar refractivity (Wildman–Crippen MR) is 108 cm³/mol. The minimum Gasteiger partial charge on any atom is -0.466 e. The van der Waals surface area contributed by atoms with Crippen molar-refractivity contribution in [1.82, 2.24) is 20.0 Å². The lowest BCUT2D eigenvalue weighted by molar-refractivity contribution is -0.152. The number of piperidine rings is 1. The van der Waals surface area contributed by atoms with Gasteiger partial charge in [0.15, 0.2) is 0 Å². The molecule has 0 aliphatic carbocycles. The Hall–Kier alpha value is -1.71. The van der Waals surface area contributed by atoms with Gasteiger partial charge in [0, 0.05) is 52.9 Å². The molecule has 2 heterocycles. The van der Waals surface area contributed by atoms with Gasteiger partial charge in [0.2, 0.25) is 11.8 Å². The molecule has 9 heteroatoms. The van der Waals surface area contributed by atoms with Crippen LogP contribution < -0.4 is 5.32 Å². The Labute approximate surface area is 173 Å². The molecule has 0 aromatic rings. The summed E-state index contributed by atoms with van der Waals surface area (Å²) in [6.07, 6.45) is 1.61. The van der Waals surface area contributed by atoms with E-state index in [2.05, 4.69) is 15.1 Å². The maximum absolute atomic E-state index is 13.0. The second-order valence-corrected chi connectivity index (χ2v) is 7.71. The lowest BCUT2D eigenvalue weighted by Gasteiger charge is -2.40. The molecule has 0 bridgehead atoms. The van der Waals surface area contributed by atoms with Gasteiger partial charge in [-0.15, -0.1) is 0 Å². The summed E-state index contributed by atoms with van der Waals surface area (Å²) in [7, 11) is 1.61. The van der Waals surface area contributed by atoms with Crippen LogP contribution in [0.1, 0.15) is 26.7 Å². The van der Waals surface area contributed by atoms with Gasteiger partial charge in [-0.3, -0.25) is 24.2 Å². The fourth-order valence-corrected chi connectivity index (χ4v) is 3.91. The molecule has 2 unspecified atom stereocenters. The number of methoxy groups -OCH3 is 1. The van der Waals surface area contributed by atoms with E-state index >= 15 is 0 Å². The van der Waals surface area contributed by atoms with Crippen LogP contribution in [0.5, 0.6) is 0 Å². The van der Waals surface area contributed by atoms with Gasteiger partial charge in [0.1, 0.15) is 0 Å². The molecular formula is C20H36N4O5. The highest BCUT2D eigenvalue weighted by molar-refractivity contribution is 5.82. The second kappa shape index (κ2) is 12.1. The molecular weight excluding hydrogens is 376 g/mol. The average molecular weight is 413 g/mol. The molecule has 2 saturated heterocycles. The highest BCUT2D eigenvalue weighted by Gasteiger charge is 2.34. The van der Waals surface area contributed by atoms with E-state index in [0.717, 1.165) is 39.0 Å². The molecule has 166 valence electrons. The van der Waals surface area contributed by atoms with Crippen molar-refractivity contribution in [2.75, 3.05) is 72.7 Å². The number of carbonyl (C=O) groups is 3. The van der Waals surface area contributed by atoms with E-state index in [1.807, 2.05) is 11.8 Å². The standard InChI is InChI=1S/C20H36N4O5/c1-4-29-20(27)17-6-5-8-24(14-17)19(26)16(2)23-11-9-22(10-12-23)15-18(25)21-7-13-28-3/h16-17H,4-15H2,1-3H3,(H,21,25). The smallest absolute Gasteiger partial charge is 0.310 e. The van der Waals surface area contributed by atoms with E-state index in [-0.39, 0.29) is 29.7 Å². The fourth-order valence-electron chi connectivity index (χ4n) is 3.91. The molecule has 0 saturated carbocycles. The number of amides is 2. The molecule has 9 nitrogen and oxygen atoms in total. The first-order chi connectivity index (χ1) is 14.0. The zero-order valence-electron chi connectivity index (χ0n) is 18.0. The molecule has 0 aromatic heterocycles. The molecule has 2 aliphatic heterocycles. The molecule has 2 atom stereocenters. The maximum Gasteiger partial charge on any atom is 0.310 e. The number of rotatable bonds is 9. The quantitative estimate of drug-likeness (QED) is 0.405. The molecule has 1 N–H and O–H groups in total. The van der Waals surface area contributed by atoms with Crippen molar-refractivity contribution >= 4 is 17.8 Å². The van der Waals surface area contributed by atoms with Crippen molar-refractivity contribution in [3.8, 4) is 0 Å². The van der Waals surface area contributed by atoms with E-state index in [1.54, 1.807) is 14.0 Å². The first kappa shape index (κ1) is 23.6. The first-order valence-electron chi connectivity index (χ1n) is 10.6. The summed E-state index contributed by atoms with van der Waals surface area (Å²) >= 11 is 0. The van der Waals surface area contributed by atoms with Gasteiger partial charge in [-0.05, 0) is 26.7 Å². The van der Waals surface area contributed by atoms with Crippen molar-refractivity contribution in [3.05, 3.63) is 0 Å². The lowest BCUT2D eigenvalue weighted by atomic mass is 9.97. The second-order valence-electron chi connectivity index (χ2n) is 7.71. The summed E-state index contributed by atoms with van der Waals surface area (Å²) in [5.74, 6) is -0.342. The van der Waals surface area contributed by atoms with Crippen LogP contribution in [0.3, 0.4) is 0 Å². The van der Waals surface area contributed by atoms with Gasteiger partial charge in [-0.25, -0.2) is 0 Å². The number of hydrogen-bond acceptors (Lipinski definition) is 7. The van der Waals surface area contributed by atoms with E-state index in [1.165, 1.54) is 0 Å². The Morgan fingerprint density at radius 2 is 1.86 bits per heavy atom. The first-order valence-corrected chi connectivity index (χ1v) is 10.6. The molecule has 2 rings (SSSR count). The van der Waals surface area contributed by atoms with Crippen molar-refractivity contribution < 1.29 is 23.9 Å². The minimum absolute atomic E-state index is 0.00190. The number of nitrogens with one attached hydrogen (secondary N) is 1. The Morgan fingerprint density at radius 1 is 1.14 bits per heavy atom. The summed E-state index contributed by atoms with van der Waals surface area (Å²) in [5, 5.41) is 2.83. The highest BCUT2D eigenvalue weighted by atomic mass is 16.5. The summed E-state index contributed by atoms with van der Waals surface area (Å²) in [5.41, 5.74) is 0. The number of ether oxygens (including phenoxy) is 2. The van der Waals surface area contributed by atoms with E-state index in [9.17, 15) is 14.4 Å². The fraction of sp³-hybridized carbons (Fsp3) is 0.850. The van der Waals surface area contributed by atoms with E-state index in [0.29, 0.717) is 39.4 Å². The van der Waals surface area contributed by atoms with Crippen LogP contribution in [0.25, 0.3) is 0 Å². The van der Waals surface area contributed by atoms with Crippen molar-refractivity contribution in [2.24, 2.45) is 5.92 Å². The number of likely N-dealkylation sites (tertiary alicyclic amines) is 1. The number of carbonyl (C=O) groups excluding carboxylic acids is 3. The zero-order chi connectivity index (χ0) is 21.2. The molecule has 2 amide bonds. The number of piperazine rings is 1. The number of hydrogen-bond donors (Lipinski definition) is 1. The summed E-state index contributed by atoms with van der Waals surface area (Å²) in [6, 6.07) is -0.228. The van der Waals surface area contributed by atoms with Crippen LogP contribution in [0, 0.1) is 5.92 Å². The lowest BCUT2D eigenvalue weighted by Crippen LogP contribution is -2.56. The summed E-state index contributed by atoms with van der Waals surface area (Å²) in [4.78, 5) is 43.0. The average Bonchev–Trinajstić information content (AvgIpc) is 2.73. The van der Waals surface area contributed by atoms with Crippen LogP contribution in [-0.2, 0) is 23.9 Å². The number of nitrogens with zero attached hydrogens (tertiary/aromatic N) is 3. The van der Waals surface area contributed by atoms with Crippen LogP contribution in [0.2, 0.25) is 0 Å². The summed E-state index contributed by atoms with van der Waals surface area (Å²) in [6.45, 7) is 9.63. The van der Waals surface area contributed by atoms with Crippen molar-refractivity contribution in [1.29, 1.82) is 0 Å². The molecule has 2 fully saturated rings. The molecule has 2 aliphatic rings. The molecule has 0 radical (unpaired) electrons. The normalized spacial score (nSPS) is 22.2. The molecule has 0 spiro atoms. The highest BCUT2D eigenvalue weighted by Crippen LogP contribution is 2.20. The van der Waals surface area contributed by atoms with Crippen molar-refractivity contribution in [3.63, 3.8) is 0 Å². The summed E-state index contributed by atoms with van der Waals surface area (Å²) < 4.78 is 10.1. The van der Waals surface area contributed by atoms with Crippen LogP contribution >= 0.6 is 0 Å². The third-order valence-electron chi connectivity index (χ3n) is 5.66. The molecule has 29 heavy (non-hydrogen) atoms. The van der Waals surface area contributed by atoms with E-state index in [4.69, 9.17) is 9.47 Å².